The van der Waals surface area contributed by atoms with Crippen molar-refractivity contribution in [1.82, 2.24) is 0 Å². The van der Waals surface area contributed by atoms with Crippen molar-refractivity contribution in [3.63, 3.8) is 0 Å². The molecule has 0 heterocycles. The van der Waals surface area contributed by atoms with E-state index < -0.39 is 0 Å². The zero-order chi connectivity index (χ0) is 14.7. The topological polar surface area (TPSA) is 26.0 Å². The zero-order valence-electron chi connectivity index (χ0n) is 13.0. The Morgan fingerprint density at radius 3 is 2.00 bits per heavy atom. The van der Waals surface area contributed by atoms with Gasteiger partial charge in [0.15, 0.2) is 0 Å². The molecule has 0 aromatic heterocycles. The van der Waals surface area contributed by atoms with Gasteiger partial charge in [-0.3, -0.25) is 0 Å². The number of nitrogens with two attached hydrogens (primary N) is 1. The fourth-order valence-corrected chi connectivity index (χ4v) is 2.66. The van der Waals surface area contributed by atoms with E-state index in [2.05, 4.69) is 64.1 Å². The van der Waals surface area contributed by atoms with E-state index in [0.717, 1.165) is 12.8 Å². The average molecular weight is 267 g/mol. The molecule has 0 fully saturated rings. The van der Waals surface area contributed by atoms with Crippen molar-refractivity contribution in [2.24, 2.45) is 5.73 Å². The summed E-state index contributed by atoms with van der Waals surface area (Å²) in [7, 11) is 0. The van der Waals surface area contributed by atoms with Gasteiger partial charge in [-0.2, -0.15) is 0 Å². The third kappa shape index (κ3) is 2.94. The molecule has 106 valence electrons. The van der Waals surface area contributed by atoms with E-state index >= 15 is 0 Å². The molecule has 0 saturated heterocycles. The van der Waals surface area contributed by atoms with Crippen LogP contribution in [0.1, 0.15) is 53.3 Å². The molecule has 2 aromatic carbocycles. The van der Waals surface area contributed by atoms with Crippen LogP contribution in [0.5, 0.6) is 0 Å². The molecule has 0 aliphatic rings. The Balaban J connectivity index is 2.37. The first kappa shape index (κ1) is 14.8. The summed E-state index contributed by atoms with van der Waals surface area (Å²) in [6, 6.07) is 13.2. The van der Waals surface area contributed by atoms with Gasteiger partial charge in [0.05, 0.1) is 6.04 Å². The Morgan fingerprint density at radius 1 is 0.800 bits per heavy atom. The molecule has 0 radical (unpaired) electrons. The highest BCUT2D eigenvalue weighted by molar-refractivity contribution is 5.40. The summed E-state index contributed by atoms with van der Waals surface area (Å²) in [5.41, 5.74) is 14.3. The smallest absolute Gasteiger partial charge is 0.0551 e. The Bertz CT molecular complexity index is 599. The summed E-state index contributed by atoms with van der Waals surface area (Å²) >= 11 is 0. The molecule has 0 bridgehead atoms. The van der Waals surface area contributed by atoms with E-state index in [1.807, 2.05) is 0 Å². The number of hydrogen-bond donors (Lipinski definition) is 1. The van der Waals surface area contributed by atoms with E-state index in [0.29, 0.717) is 0 Å². The molecule has 20 heavy (non-hydrogen) atoms. The summed E-state index contributed by atoms with van der Waals surface area (Å²) in [5, 5.41) is 0. The van der Waals surface area contributed by atoms with Gasteiger partial charge in [0.2, 0.25) is 0 Å². The Morgan fingerprint density at radius 2 is 1.40 bits per heavy atom. The van der Waals surface area contributed by atoms with Crippen molar-refractivity contribution in [3.8, 4) is 0 Å². The maximum absolute atomic E-state index is 6.45. The van der Waals surface area contributed by atoms with Crippen LogP contribution in [0.2, 0.25) is 0 Å². The molecular weight excluding hydrogens is 242 g/mol. The summed E-state index contributed by atoms with van der Waals surface area (Å²) < 4.78 is 0. The van der Waals surface area contributed by atoms with Gasteiger partial charge in [0.1, 0.15) is 0 Å². The lowest BCUT2D eigenvalue weighted by Crippen LogP contribution is -2.13. The molecule has 1 unspecified atom stereocenters. The van der Waals surface area contributed by atoms with E-state index in [1.165, 1.54) is 33.4 Å². The zero-order valence-corrected chi connectivity index (χ0v) is 13.0. The highest BCUT2D eigenvalue weighted by Crippen LogP contribution is 2.24. The second-order valence-corrected chi connectivity index (χ2v) is 5.56. The van der Waals surface area contributed by atoms with E-state index in [4.69, 9.17) is 5.73 Å². The highest BCUT2D eigenvalue weighted by Gasteiger charge is 2.11. The number of aryl methyl sites for hydroxylation is 4. The van der Waals surface area contributed by atoms with E-state index in [1.54, 1.807) is 0 Å². The highest BCUT2D eigenvalue weighted by atomic mass is 14.6. The first-order valence-electron chi connectivity index (χ1n) is 7.51. The third-order valence-corrected chi connectivity index (χ3v) is 4.24. The predicted octanol–water partition coefficient (Wildman–Crippen LogP) is 4.48. The van der Waals surface area contributed by atoms with Crippen molar-refractivity contribution in [1.29, 1.82) is 0 Å². The summed E-state index contributed by atoms with van der Waals surface area (Å²) in [5.74, 6) is 0. The maximum atomic E-state index is 6.45. The fourth-order valence-electron chi connectivity index (χ4n) is 2.66. The van der Waals surface area contributed by atoms with Gasteiger partial charge < -0.3 is 5.73 Å². The fraction of sp³-hybridized carbons (Fsp3) is 0.368. The van der Waals surface area contributed by atoms with Gasteiger partial charge in [-0.25, -0.2) is 0 Å². The van der Waals surface area contributed by atoms with Crippen LogP contribution in [0, 0.1) is 13.8 Å². The third-order valence-electron chi connectivity index (χ3n) is 4.24. The number of benzene rings is 2. The second kappa shape index (κ2) is 6.23. The van der Waals surface area contributed by atoms with Gasteiger partial charge >= 0.3 is 0 Å². The molecule has 2 N–H and O–H groups in total. The lowest BCUT2D eigenvalue weighted by molar-refractivity contribution is 0.861. The number of rotatable bonds is 4. The second-order valence-electron chi connectivity index (χ2n) is 5.56. The van der Waals surface area contributed by atoms with E-state index in [-0.39, 0.29) is 6.04 Å². The minimum atomic E-state index is -0.0366. The monoisotopic (exact) mass is 267 g/mol. The minimum absolute atomic E-state index is 0.0366. The van der Waals surface area contributed by atoms with Crippen LogP contribution in [0.4, 0.5) is 0 Å². The quantitative estimate of drug-likeness (QED) is 0.868. The van der Waals surface area contributed by atoms with Gasteiger partial charge in [0, 0.05) is 0 Å². The molecular formula is C19H25N. The Kier molecular flexibility index (Phi) is 4.61. The molecule has 0 aliphatic heterocycles. The molecule has 0 aliphatic carbocycles. The first-order valence-corrected chi connectivity index (χ1v) is 7.51. The largest absolute Gasteiger partial charge is 0.320 e. The summed E-state index contributed by atoms with van der Waals surface area (Å²) in [6.45, 7) is 8.69. The summed E-state index contributed by atoms with van der Waals surface area (Å²) in [6.07, 6.45) is 2.15. The van der Waals surface area contributed by atoms with Crippen molar-refractivity contribution in [3.05, 3.63) is 69.8 Å². The minimum Gasteiger partial charge on any atom is -0.320 e. The maximum Gasteiger partial charge on any atom is 0.0551 e. The molecule has 1 nitrogen and oxygen atoms in total. The predicted molar refractivity (Wildman–Crippen MR) is 87.1 cm³/mol. The van der Waals surface area contributed by atoms with Crippen LogP contribution in [-0.2, 0) is 12.8 Å². The van der Waals surface area contributed by atoms with Crippen LogP contribution in [0.25, 0.3) is 0 Å². The molecule has 0 saturated carbocycles. The number of hydrogen-bond acceptors (Lipinski definition) is 1. The van der Waals surface area contributed by atoms with Gasteiger partial charge in [-0.05, 0) is 60.1 Å². The van der Waals surface area contributed by atoms with Crippen LogP contribution in [-0.4, -0.2) is 0 Å². The average Bonchev–Trinajstić information content (AvgIpc) is 2.48. The van der Waals surface area contributed by atoms with Gasteiger partial charge in [-0.15, -0.1) is 0 Å². The molecule has 0 spiro atoms. The lowest BCUT2D eigenvalue weighted by atomic mass is 9.92. The van der Waals surface area contributed by atoms with E-state index in [9.17, 15) is 0 Å². The SMILES string of the molecule is CCc1ccc(C(N)c2ccc(C)c(C)c2)cc1CC. The van der Waals surface area contributed by atoms with Gasteiger partial charge in [0.25, 0.3) is 0 Å². The molecule has 2 rings (SSSR count). The Labute approximate surface area is 122 Å². The van der Waals surface area contributed by atoms with Crippen LogP contribution in [0.3, 0.4) is 0 Å². The molecule has 1 heteroatoms. The first-order chi connectivity index (χ1) is 9.56. The van der Waals surface area contributed by atoms with Crippen molar-refractivity contribution < 1.29 is 0 Å². The summed E-state index contributed by atoms with van der Waals surface area (Å²) in [4.78, 5) is 0. The van der Waals surface area contributed by atoms with Crippen molar-refractivity contribution in [2.45, 2.75) is 46.6 Å². The van der Waals surface area contributed by atoms with Crippen LogP contribution < -0.4 is 5.73 Å². The molecule has 1 atom stereocenters. The van der Waals surface area contributed by atoms with Crippen LogP contribution >= 0.6 is 0 Å². The lowest BCUT2D eigenvalue weighted by Gasteiger charge is -2.16. The molecule has 2 aromatic rings. The standard InChI is InChI=1S/C19H25N/c1-5-15-9-10-18(12-16(15)6-2)19(20)17-8-7-13(3)14(4)11-17/h7-12,19H,5-6,20H2,1-4H3. The van der Waals surface area contributed by atoms with Gasteiger partial charge in [-0.1, -0.05) is 50.2 Å². The Hall–Kier alpha value is -1.60. The normalized spacial score (nSPS) is 12.4. The van der Waals surface area contributed by atoms with Crippen LogP contribution in [0.15, 0.2) is 36.4 Å². The molecule has 0 amide bonds. The van der Waals surface area contributed by atoms with Crippen molar-refractivity contribution >= 4 is 0 Å². The van der Waals surface area contributed by atoms with Crippen molar-refractivity contribution in [2.75, 3.05) is 0 Å².